The van der Waals surface area contributed by atoms with E-state index < -0.39 is 0 Å². The van der Waals surface area contributed by atoms with Gasteiger partial charge in [-0.25, -0.2) is 0 Å². The summed E-state index contributed by atoms with van der Waals surface area (Å²) in [6.45, 7) is 14.2. The average molecular weight is 262 g/mol. The van der Waals surface area contributed by atoms with Gasteiger partial charge < -0.3 is 18.9 Å². The molecule has 0 aromatic heterocycles. The summed E-state index contributed by atoms with van der Waals surface area (Å²) < 4.78 is 21.7. The van der Waals surface area contributed by atoms with Crippen molar-refractivity contribution in [2.45, 2.75) is 52.7 Å². The molecule has 0 unspecified atom stereocenters. The second-order valence-corrected chi connectivity index (χ2v) is 5.46. The van der Waals surface area contributed by atoms with Crippen molar-refractivity contribution in [1.82, 2.24) is 0 Å². The van der Waals surface area contributed by atoms with Crippen LogP contribution >= 0.6 is 0 Å². The van der Waals surface area contributed by atoms with E-state index in [0.29, 0.717) is 26.4 Å². The number of rotatable bonds is 11. The lowest BCUT2D eigenvalue weighted by Gasteiger charge is -2.19. The normalized spacial score (nSPS) is 12.3. The fraction of sp³-hybridized carbons (Fsp3) is 1.00. The van der Waals surface area contributed by atoms with Crippen LogP contribution in [0.25, 0.3) is 0 Å². The van der Waals surface area contributed by atoms with Gasteiger partial charge in [-0.2, -0.15) is 0 Å². The Hall–Kier alpha value is -0.160. The van der Waals surface area contributed by atoms with Gasteiger partial charge in [0.15, 0.2) is 0 Å². The lowest BCUT2D eigenvalue weighted by Crippen LogP contribution is -2.20. The molecular weight excluding hydrogens is 232 g/mol. The zero-order valence-corrected chi connectivity index (χ0v) is 12.7. The Balaban J connectivity index is 3.04. The predicted molar refractivity (Wildman–Crippen MR) is 73.0 cm³/mol. The molecule has 0 aromatic carbocycles. The minimum absolute atomic E-state index is 0.0560. The molecule has 0 aliphatic rings. The van der Waals surface area contributed by atoms with Crippen molar-refractivity contribution < 1.29 is 18.9 Å². The van der Waals surface area contributed by atoms with Crippen molar-refractivity contribution in [3.63, 3.8) is 0 Å². The van der Waals surface area contributed by atoms with Crippen molar-refractivity contribution in [3.8, 4) is 0 Å². The van der Waals surface area contributed by atoms with Crippen LogP contribution in [0.5, 0.6) is 0 Å². The highest BCUT2D eigenvalue weighted by molar-refractivity contribution is 4.58. The van der Waals surface area contributed by atoms with Crippen molar-refractivity contribution in [2.24, 2.45) is 0 Å². The summed E-state index contributed by atoms with van der Waals surface area (Å²) in [5.74, 6) is 0. The minimum atomic E-state index is -0.0560. The van der Waals surface area contributed by atoms with Gasteiger partial charge in [0.05, 0.1) is 38.1 Å². The lowest BCUT2D eigenvalue weighted by molar-refractivity contribution is -0.0233. The van der Waals surface area contributed by atoms with Crippen molar-refractivity contribution >= 4 is 0 Å². The molecule has 0 radical (unpaired) electrons. The Labute approximate surface area is 112 Å². The fourth-order valence-electron chi connectivity index (χ4n) is 1.20. The predicted octanol–water partition coefficient (Wildman–Crippen LogP) is 2.65. The van der Waals surface area contributed by atoms with Crippen molar-refractivity contribution in [1.29, 1.82) is 0 Å². The molecule has 0 saturated carbocycles. The number of hydrogen-bond donors (Lipinski definition) is 0. The van der Waals surface area contributed by atoms with Crippen LogP contribution in [0.2, 0.25) is 0 Å². The van der Waals surface area contributed by atoms with E-state index in [9.17, 15) is 0 Å². The van der Waals surface area contributed by atoms with E-state index in [1.54, 1.807) is 0 Å². The molecule has 4 heteroatoms. The first kappa shape index (κ1) is 17.8. The quantitative estimate of drug-likeness (QED) is 0.536. The molecule has 0 aliphatic heterocycles. The summed E-state index contributed by atoms with van der Waals surface area (Å²) in [6, 6.07) is 0. The summed E-state index contributed by atoms with van der Waals surface area (Å²) in [4.78, 5) is 0. The first-order valence-corrected chi connectivity index (χ1v) is 6.83. The Kier molecular flexibility index (Phi) is 10.6. The Morgan fingerprint density at radius 3 is 1.89 bits per heavy atom. The largest absolute Gasteiger partial charge is 0.379 e. The first-order chi connectivity index (χ1) is 8.42. The molecule has 0 fully saturated rings. The summed E-state index contributed by atoms with van der Waals surface area (Å²) in [6.07, 6.45) is 1.20. The van der Waals surface area contributed by atoms with E-state index in [0.717, 1.165) is 19.6 Å². The van der Waals surface area contributed by atoms with E-state index in [1.807, 2.05) is 13.8 Å². The molecule has 0 N–H and O–H groups in total. The standard InChI is InChI=1S/C14H30O4/c1-13(2)17-12-11-16-10-9-15-7-6-8-18-14(3,4)5/h13H,6-12H2,1-5H3. The van der Waals surface area contributed by atoms with Gasteiger partial charge in [-0.3, -0.25) is 0 Å². The summed E-state index contributed by atoms with van der Waals surface area (Å²) in [5.41, 5.74) is -0.0560. The molecule has 0 rings (SSSR count). The zero-order chi connectivity index (χ0) is 13.9. The molecule has 0 spiro atoms. The van der Waals surface area contributed by atoms with E-state index >= 15 is 0 Å². The molecule has 0 saturated heterocycles. The molecule has 0 amide bonds. The van der Waals surface area contributed by atoms with Gasteiger partial charge in [0, 0.05) is 13.2 Å². The smallest absolute Gasteiger partial charge is 0.0703 e. The summed E-state index contributed by atoms with van der Waals surface area (Å²) in [5, 5.41) is 0. The van der Waals surface area contributed by atoms with E-state index in [2.05, 4.69) is 20.8 Å². The second-order valence-electron chi connectivity index (χ2n) is 5.46. The van der Waals surface area contributed by atoms with Crippen LogP contribution in [0, 0.1) is 0 Å². The van der Waals surface area contributed by atoms with E-state index in [-0.39, 0.29) is 11.7 Å². The number of hydrogen-bond acceptors (Lipinski definition) is 4. The zero-order valence-electron chi connectivity index (χ0n) is 12.7. The molecule has 0 aliphatic carbocycles. The maximum Gasteiger partial charge on any atom is 0.0703 e. The van der Waals surface area contributed by atoms with Gasteiger partial charge in [-0.05, 0) is 41.0 Å². The third-order valence-corrected chi connectivity index (χ3v) is 2.02. The first-order valence-electron chi connectivity index (χ1n) is 6.83. The Morgan fingerprint density at radius 1 is 0.778 bits per heavy atom. The third kappa shape index (κ3) is 15.8. The van der Waals surface area contributed by atoms with E-state index in [1.165, 1.54) is 0 Å². The van der Waals surface area contributed by atoms with Gasteiger partial charge in [0.2, 0.25) is 0 Å². The second kappa shape index (κ2) is 10.7. The summed E-state index contributed by atoms with van der Waals surface area (Å²) >= 11 is 0. The van der Waals surface area contributed by atoms with Gasteiger partial charge >= 0.3 is 0 Å². The number of ether oxygens (including phenoxy) is 4. The van der Waals surface area contributed by atoms with Crippen molar-refractivity contribution in [2.75, 3.05) is 39.6 Å². The van der Waals surface area contributed by atoms with Crippen LogP contribution in [0.3, 0.4) is 0 Å². The van der Waals surface area contributed by atoms with Crippen LogP contribution < -0.4 is 0 Å². The monoisotopic (exact) mass is 262 g/mol. The SMILES string of the molecule is CC(C)OCCOCCOCCCOC(C)(C)C. The van der Waals surface area contributed by atoms with Crippen LogP contribution in [-0.4, -0.2) is 51.3 Å². The maximum absolute atomic E-state index is 5.58. The van der Waals surface area contributed by atoms with Crippen LogP contribution in [0.15, 0.2) is 0 Å². The minimum Gasteiger partial charge on any atom is -0.379 e. The van der Waals surface area contributed by atoms with Gasteiger partial charge in [0.25, 0.3) is 0 Å². The average Bonchev–Trinajstić information content (AvgIpc) is 2.24. The molecule has 0 heterocycles. The van der Waals surface area contributed by atoms with Crippen molar-refractivity contribution in [3.05, 3.63) is 0 Å². The lowest BCUT2D eigenvalue weighted by atomic mass is 10.2. The molecule has 110 valence electrons. The van der Waals surface area contributed by atoms with Gasteiger partial charge in [-0.15, -0.1) is 0 Å². The highest BCUT2D eigenvalue weighted by Gasteiger charge is 2.08. The molecule has 0 aromatic rings. The van der Waals surface area contributed by atoms with Crippen LogP contribution in [-0.2, 0) is 18.9 Å². The summed E-state index contributed by atoms with van der Waals surface area (Å²) in [7, 11) is 0. The molecule has 0 atom stereocenters. The van der Waals surface area contributed by atoms with E-state index in [4.69, 9.17) is 18.9 Å². The Bertz CT molecular complexity index is 175. The van der Waals surface area contributed by atoms with Crippen LogP contribution in [0.4, 0.5) is 0 Å². The third-order valence-electron chi connectivity index (χ3n) is 2.02. The fourth-order valence-corrected chi connectivity index (χ4v) is 1.20. The molecule has 4 nitrogen and oxygen atoms in total. The molecular formula is C14H30O4. The van der Waals surface area contributed by atoms with Crippen LogP contribution in [0.1, 0.15) is 41.0 Å². The maximum atomic E-state index is 5.58. The highest BCUT2D eigenvalue weighted by atomic mass is 16.5. The highest BCUT2D eigenvalue weighted by Crippen LogP contribution is 2.06. The van der Waals surface area contributed by atoms with Gasteiger partial charge in [0.1, 0.15) is 0 Å². The van der Waals surface area contributed by atoms with Gasteiger partial charge in [-0.1, -0.05) is 0 Å². The topological polar surface area (TPSA) is 36.9 Å². The molecule has 18 heavy (non-hydrogen) atoms. The molecule has 0 bridgehead atoms. The Morgan fingerprint density at radius 2 is 1.33 bits per heavy atom.